The zero-order valence-electron chi connectivity index (χ0n) is 7.75. The van der Waals surface area contributed by atoms with Crippen molar-refractivity contribution in [1.82, 2.24) is 0 Å². The van der Waals surface area contributed by atoms with Crippen molar-refractivity contribution in [3.63, 3.8) is 0 Å². The highest BCUT2D eigenvalue weighted by Crippen LogP contribution is 2.10. The van der Waals surface area contributed by atoms with Crippen LogP contribution < -0.4 is 11.5 Å². The van der Waals surface area contributed by atoms with Gasteiger partial charge in [-0.1, -0.05) is 12.1 Å². The molecular formula is C8H11N2O3S2+. The summed E-state index contributed by atoms with van der Waals surface area (Å²) in [5, 5.41) is 0.258. The van der Waals surface area contributed by atoms with Gasteiger partial charge in [0.25, 0.3) is 10.1 Å². The average molecular weight is 247 g/mol. The summed E-state index contributed by atoms with van der Waals surface area (Å²) in [7, 11) is -4.11. The zero-order valence-corrected chi connectivity index (χ0v) is 9.38. The molecule has 5 N–H and O–H groups in total. The lowest BCUT2D eigenvalue weighted by Crippen LogP contribution is -2.23. The molecule has 0 radical (unpaired) electrons. The van der Waals surface area contributed by atoms with Crippen molar-refractivity contribution in [2.24, 2.45) is 11.5 Å². The van der Waals surface area contributed by atoms with E-state index in [4.69, 9.17) is 16.0 Å². The number of nitrogens with two attached hydrogens (primary N) is 2. The average Bonchev–Trinajstić information content (AvgIpc) is 2.14. The molecule has 0 amide bonds. The molecule has 0 aliphatic carbocycles. The van der Waals surface area contributed by atoms with Gasteiger partial charge in [-0.25, -0.2) is 11.5 Å². The molecule has 0 heterocycles. The third kappa shape index (κ3) is 4.02. The topological polar surface area (TPSA) is 106 Å². The van der Waals surface area contributed by atoms with E-state index in [-0.39, 0.29) is 10.0 Å². The van der Waals surface area contributed by atoms with E-state index >= 15 is 0 Å². The molecule has 7 heteroatoms. The molecule has 5 nitrogen and oxygen atoms in total. The fourth-order valence-electron chi connectivity index (χ4n) is 0.924. The fraction of sp³-hybridized carbons (Fsp3) is 0.125. The van der Waals surface area contributed by atoms with E-state index in [0.717, 1.165) is 5.56 Å². The van der Waals surface area contributed by atoms with Crippen molar-refractivity contribution < 1.29 is 13.0 Å². The minimum absolute atomic E-state index is 0.124. The summed E-state index contributed by atoms with van der Waals surface area (Å²) in [6.07, 6.45) is 0. The zero-order chi connectivity index (χ0) is 11.5. The molecular weight excluding hydrogens is 236 g/mol. The van der Waals surface area contributed by atoms with Gasteiger partial charge in [-0.05, 0) is 12.1 Å². The van der Waals surface area contributed by atoms with Crippen molar-refractivity contribution in [2.45, 2.75) is 10.6 Å². The van der Waals surface area contributed by atoms with E-state index in [1.54, 1.807) is 12.1 Å². The summed E-state index contributed by atoms with van der Waals surface area (Å²) in [5.41, 5.74) is 11.4. The first-order valence-electron chi connectivity index (χ1n) is 3.97. The van der Waals surface area contributed by atoms with Crippen LogP contribution in [0.1, 0.15) is 5.56 Å². The van der Waals surface area contributed by atoms with Crippen LogP contribution in [0.5, 0.6) is 0 Å². The number of hydrogen-bond donors (Lipinski definition) is 3. The van der Waals surface area contributed by atoms with E-state index < -0.39 is 10.1 Å². The Morgan fingerprint density at radius 1 is 1.27 bits per heavy atom. The van der Waals surface area contributed by atoms with Crippen molar-refractivity contribution in [3.05, 3.63) is 29.8 Å². The van der Waals surface area contributed by atoms with Gasteiger partial charge in [0.05, 0.1) is 4.90 Å². The molecule has 0 spiro atoms. The normalized spacial score (nSPS) is 11.1. The van der Waals surface area contributed by atoms with E-state index in [0.29, 0.717) is 5.75 Å². The van der Waals surface area contributed by atoms with Crippen molar-refractivity contribution in [3.8, 4) is 0 Å². The molecule has 0 aliphatic rings. The number of rotatable bonds is 3. The molecule has 1 rings (SSSR count). The van der Waals surface area contributed by atoms with Gasteiger partial charge < -0.3 is 0 Å². The van der Waals surface area contributed by atoms with Crippen LogP contribution in [-0.2, 0) is 27.2 Å². The molecule has 15 heavy (non-hydrogen) atoms. The number of hydrogen-bond acceptors (Lipinski definition) is 2. The van der Waals surface area contributed by atoms with Crippen LogP contribution in [0.2, 0.25) is 0 Å². The summed E-state index contributed by atoms with van der Waals surface area (Å²) < 4.78 is 30.2. The SMILES string of the molecule is NC(N)=[S+]Cc1ccc(S(=O)(=O)O)cc1. The lowest BCUT2D eigenvalue weighted by molar-refractivity contribution is 0.483. The van der Waals surface area contributed by atoms with Crippen LogP contribution in [-0.4, -0.2) is 18.1 Å². The van der Waals surface area contributed by atoms with Crippen LogP contribution in [0, 0.1) is 0 Å². The molecule has 82 valence electrons. The maximum atomic E-state index is 10.7. The Hall–Kier alpha value is -0.860. The molecule has 1 aromatic carbocycles. The largest absolute Gasteiger partial charge is 0.315 e. The summed E-state index contributed by atoms with van der Waals surface area (Å²) in [6, 6.07) is 5.86. The maximum Gasteiger partial charge on any atom is 0.315 e. The first kappa shape index (κ1) is 12.2. The van der Waals surface area contributed by atoms with E-state index in [2.05, 4.69) is 0 Å². The fourth-order valence-corrected chi connectivity index (χ4v) is 1.93. The molecule has 0 atom stereocenters. The Balaban J connectivity index is 2.87. The third-order valence-electron chi connectivity index (χ3n) is 1.63. The van der Waals surface area contributed by atoms with E-state index in [1.807, 2.05) is 0 Å². The van der Waals surface area contributed by atoms with Gasteiger partial charge in [0.1, 0.15) is 0 Å². The second-order valence-electron chi connectivity index (χ2n) is 2.81. The molecule has 0 unspecified atom stereocenters. The molecule has 0 aliphatic heterocycles. The lowest BCUT2D eigenvalue weighted by Gasteiger charge is -1.96. The van der Waals surface area contributed by atoms with Gasteiger partial charge >= 0.3 is 5.11 Å². The van der Waals surface area contributed by atoms with Crippen LogP contribution in [0.4, 0.5) is 0 Å². The van der Waals surface area contributed by atoms with Crippen molar-refractivity contribution in [1.29, 1.82) is 0 Å². The predicted molar refractivity (Wildman–Crippen MR) is 60.7 cm³/mol. The third-order valence-corrected chi connectivity index (χ3v) is 3.31. The Kier molecular flexibility index (Phi) is 3.89. The monoisotopic (exact) mass is 247 g/mol. The van der Waals surface area contributed by atoms with Gasteiger partial charge in [-0.15, -0.1) is 0 Å². The van der Waals surface area contributed by atoms with E-state index in [9.17, 15) is 8.42 Å². The second-order valence-corrected chi connectivity index (χ2v) is 5.28. The van der Waals surface area contributed by atoms with Gasteiger partial charge in [0, 0.05) is 5.56 Å². The first-order valence-corrected chi connectivity index (χ1v) is 6.39. The highest BCUT2D eigenvalue weighted by Gasteiger charge is 2.09. The van der Waals surface area contributed by atoms with E-state index in [1.165, 1.54) is 23.5 Å². The van der Waals surface area contributed by atoms with Crippen LogP contribution in [0.3, 0.4) is 0 Å². The molecule has 0 aromatic heterocycles. The summed E-state index contributed by atoms with van der Waals surface area (Å²) >= 11 is 1.26. The van der Waals surface area contributed by atoms with Crippen molar-refractivity contribution >= 4 is 26.6 Å². The summed E-state index contributed by atoms with van der Waals surface area (Å²) in [5.74, 6) is 0.564. The molecule has 0 fully saturated rings. The number of benzene rings is 1. The molecule has 0 bridgehead atoms. The summed E-state index contributed by atoms with van der Waals surface area (Å²) in [4.78, 5) is -0.124. The summed E-state index contributed by atoms with van der Waals surface area (Å²) in [6.45, 7) is 0. The lowest BCUT2D eigenvalue weighted by atomic mass is 10.2. The van der Waals surface area contributed by atoms with Crippen molar-refractivity contribution in [2.75, 3.05) is 0 Å². The Bertz CT molecular complexity index is 461. The van der Waals surface area contributed by atoms with Gasteiger partial charge in [-0.2, -0.15) is 8.42 Å². The van der Waals surface area contributed by atoms with Crippen LogP contribution in [0.15, 0.2) is 29.2 Å². The first-order chi connectivity index (χ1) is 6.89. The molecule has 1 aromatic rings. The Labute approximate surface area is 91.8 Å². The Morgan fingerprint density at radius 2 is 1.80 bits per heavy atom. The second kappa shape index (κ2) is 4.77. The minimum atomic E-state index is -4.11. The predicted octanol–water partition coefficient (Wildman–Crippen LogP) is -0.479. The molecule has 0 saturated carbocycles. The highest BCUT2D eigenvalue weighted by molar-refractivity contribution is 7.85. The van der Waals surface area contributed by atoms with Gasteiger partial charge in [0.15, 0.2) is 0 Å². The minimum Gasteiger partial charge on any atom is -0.282 e. The molecule has 0 saturated heterocycles. The van der Waals surface area contributed by atoms with Crippen LogP contribution in [0.25, 0.3) is 0 Å². The highest BCUT2D eigenvalue weighted by atomic mass is 32.2. The van der Waals surface area contributed by atoms with Gasteiger partial charge in [0.2, 0.25) is 17.1 Å². The smallest absolute Gasteiger partial charge is 0.282 e. The van der Waals surface area contributed by atoms with Crippen LogP contribution >= 0.6 is 0 Å². The maximum absolute atomic E-state index is 10.7. The standard InChI is InChI=1S/C8H10N2O3S2/c9-8(10)14-5-6-1-3-7(4-2-6)15(11,12)13/h1-4H,5,9-10H2/p+1. The quantitative estimate of drug-likeness (QED) is 0.380. The van der Waals surface area contributed by atoms with Gasteiger partial charge in [-0.3, -0.25) is 4.55 Å². The Morgan fingerprint density at radius 3 is 2.20 bits per heavy atom.